The van der Waals surface area contributed by atoms with E-state index >= 15 is 0 Å². The van der Waals surface area contributed by atoms with Crippen molar-refractivity contribution in [1.29, 1.82) is 0 Å². The number of anilines is 3. The molecule has 0 unspecified atom stereocenters. The van der Waals surface area contributed by atoms with E-state index in [1.54, 1.807) is 0 Å². The topological polar surface area (TPSA) is 14.2 Å². The van der Waals surface area contributed by atoms with E-state index in [1.807, 2.05) is 0 Å². The van der Waals surface area contributed by atoms with E-state index in [1.165, 1.54) is 94.6 Å². The largest absolute Gasteiger partial charge is 0.313 e. The van der Waals surface area contributed by atoms with Gasteiger partial charge in [0.05, 0.1) is 5.52 Å². The average Bonchev–Trinajstić information content (AvgIpc) is 3.82. The fraction of sp³-hybridized carbons (Fsp3) is 0.175. The van der Waals surface area contributed by atoms with Gasteiger partial charge < -0.3 is 9.47 Å². The first-order valence-electron chi connectivity index (χ1n) is 24.0. The van der Waals surface area contributed by atoms with Gasteiger partial charge in [0.1, 0.15) is 27.2 Å². The van der Waals surface area contributed by atoms with Crippen molar-refractivity contribution in [3.8, 4) is 39.1 Å². The first-order chi connectivity index (χ1) is 32.8. The van der Waals surface area contributed by atoms with Crippen molar-refractivity contribution >= 4 is 52.0 Å². The third-order valence-electron chi connectivity index (χ3n) is 15.0. The van der Waals surface area contributed by atoms with Crippen LogP contribution >= 0.6 is 0 Å². The Balaban J connectivity index is 0.935. The van der Waals surface area contributed by atoms with Crippen LogP contribution in [-0.4, -0.2) is 53.3 Å². The van der Waals surface area contributed by atoms with Gasteiger partial charge in [-0.15, -0.1) is 0 Å². The van der Waals surface area contributed by atoms with Crippen molar-refractivity contribution in [1.82, 2.24) is 4.57 Å². The van der Waals surface area contributed by atoms with Gasteiger partial charge in [-0.1, -0.05) is 111 Å². The molecule has 7 aromatic carbocycles. The fourth-order valence-electron chi connectivity index (χ4n) is 11.2. The van der Waals surface area contributed by atoms with Crippen LogP contribution in [0.3, 0.4) is 0 Å². The molecule has 4 aliphatic rings. The van der Waals surface area contributed by atoms with E-state index in [-0.39, 0.29) is 5.41 Å². The minimum absolute atomic E-state index is 0.158. The molecule has 0 N–H and O–H groups in total. The first kappa shape index (κ1) is 40.9. The summed E-state index contributed by atoms with van der Waals surface area (Å²) in [6, 6.07) is 61.3. The van der Waals surface area contributed by atoms with Crippen molar-refractivity contribution in [2.45, 2.75) is 44.9 Å². The van der Waals surface area contributed by atoms with Crippen LogP contribution < -0.4 is 4.90 Å². The van der Waals surface area contributed by atoms with E-state index in [0.717, 1.165) is 55.8 Å². The SMILES string of the molecule is C[N+]1=CC=C(C2=Cc3c(n(-c4ccccc4)c4ccc(-c5ccc(N(c6ccc(-c7ccccc7)cc6)c6ccc7c(c6)C(C)(C)c6cc(C8=CC=[N+](C)CC8)ccc6-7)cc5)cc34)CC2)CC1. The van der Waals surface area contributed by atoms with Gasteiger partial charge in [-0.05, 0) is 152 Å². The molecule has 0 saturated carbocycles. The fourth-order valence-corrected chi connectivity index (χ4v) is 11.2. The zero-order chi connectivity index (χ0) is 45.2. The maximum absolute atomic E-state index is 2.50. The number of benzene rings is 7. The molecule has 0 atom stereocenters. The average molecular weight is 869 g/mol. The monoisotopic (exact) mass is 868 g/mol. The number of hydrogen-bond donors (Lipinski definition) is 0. The van der Waals surface area contributed by atoms with Gasteiger partial charge in [-0.3, -0.25) is 0 Å². The second kappa shape index (κ2) is 16.4. The molecule has 8 aromatic rings. The Morgan fingerprint density at radius 1 is 0.478 bits per heavy atom. The highest BCUT2D eigenvalue weighted by Gasteiger charge is 2.37. The molecular weight excluding hydrogens is 813 g/mol. The molecule has 2 aliphatic carbocycles. The van der Waals surface area contributed by atoms with E-state index in [9.17, 15) is 0 Å². The van der Waals surface area contributed by atoms with Gasteiger partial charge in [0.25, 0.3) is 0 Å². The smallest absolute Gasteiger partial charge is 0.163 e. The zero-order valence-corrected chi connectivity index (χ0v) is 39.0. The number of aromatic nitrogens is 1. The summed E-state index contributed by atoms with van der Waals surface area (Å²) in [6.07, 6.45) is 15.8. The van der Waals surface area contributed by atoms with Gasteiger partial charge in [0.15, 0.2) is 12.4 Å². The van der Waals surface area contributed by atoms with E-state index < -0.39 is 0 Å². The highest BCUT2D eigenvalue weighted by molar-refractivity contribution is 5.97. The Morgan fingerprint density at radius 2 is 1.03 bits per heavy atom. The molecule has 0 saturated heterocycles. The van der Waals surface area contributed by atoms with Crippen molar-refractivity contribution in [2.24, 2.45) is 0 Å². The standard InChI is InChI=1S/C63H56N4/c1-63(2)59-41-50(47-33-37-65(4)38-34-47)19-27-55(59)56-28-26-54(42-60(56)63)66(52-22-15-44(16-23-52)43-11-7-5-8-12-43)53-24-17-45(18-25-53)48-20-29-61-57(39-48)58-40-49(46-31-35-64(3)36-32-46)21-30-62(58)67(61)51-13-9-6-10-14-51/h5-20,22-29,31,33,35,37,39-42H,21,30,32,34,36,38H2,1-4H3/q+2. The maximum atomic E-state index is 2.50. The Kier molecular flexibility index (Phi) is 10.0. The number of nitrogens with zero attached hydrogens (tertiary/aromatic N) is 4. The predicted octanol–water partition coefficient (Wildman–Crippen LogP) is 14.6. The Labute approximate surface area is 395 Å². The van der Waals surface area contributed by atoms with Crippen LogP contribution in [0.25, 0.3) is 61.6 Å². The van der Waals surface area contributed by atoms with Crippen LogP contribution in [0.1, 0.15) is 61.1 Å². The second-order valence-corrected chi connectivity index (χ2v) is 19.5. The summed E-state index contributed by atoms with van der Waals surface area (Å²) in [7, 11) is 4.32. The molecule has 0 spiro atoms. The van der Waals surface area contributed by atoms with Crippen LogP contribution in [0.4, 0.5) is 17.1 Å². The molecule has 4 nitrogen and oxygen atoms in total. The minimum Gasteiger partial charge on any atom is -0.313 e. The molecule has 0 radical (unpaired) electrons. The summed E-state index contributed by atoms with van der Waals surface area (Å²) in [4.78, 5) is 2.43. The molecule has 326 valence electrons. The van der Waals surface area contributed by atoms with Crippen LogP contribution in [-0.2, 0) is 11.8 Å². The number of allylic oxidation sites excluding steroid dienone is 3. The molecule has 1 aromatic heterocycles. The maximum Gasteiger partial charge on any atom is 0.163 e. The lowest BCUT2D eigenvalue weighted by Crippen LogP contribution is -2.17. The number of rotatable bonds is 8. The van der Waals surface area contributed by atoms with Crippen molar-refractivity contribution in [2.75, 3.05) is 32.1 Å². The van der Waals surface area contributed by atoms with Crippen molar-refractivity contribution < 1.29 is 9.15 Å². The Bertz CT molecular complexity index is 3410. The minimum atomic E-state index is -0.158. The second-order valence-electron chi connectivity index (χ2n) is 19.5. The van der Waals surface area contributed by atoms with Crippen molar-refractivity contribution in [3.05, 3.63) is 215 Å². The van der Waals surface area contributed by atoms with Gasteiger partial charge in [-0.2, -0.15) is 0 Å². The van der Waals surface area contributed by atoms with Gasteiger partial charge >= 0.3 is 0 Å². The number of para-hydroxylation sites is 1. The summed E-state index contributed by atoms with van der Waals surface area (Å²) < 4.78 is 7.05. The van der Waals surface area contributed by atoms with Crippen LogP contribution in [0.5, 0.6) is 0 Å². The molecular formula is C63H56N4+2. The van der Waals surface area contributed by atoms with Gasteiger partial charge in [0, 0.05) is 69.8 Å². The lowest BCUT2D eigenvalue weighted by Gasteiger charge is -2.28. The summed E-state index contributed by atoms with van der Waals surface area (Å²) >= 11 is 0. The van der Waals surface area contributed by atoms with E-state index in [2.05, 4.69) is 241 Å². The quantitative estimate of drug-likeness (QED) is 0.139. The zero-order valence-electron chi connectivity index (χ0n) is 39.0. The lowest BCUT2D eigenvalue weighted by molar-refractivity contribution is -0.492. The first-order valence-corrected chi connectivity index (χ1v) is 24.0. The summed E-state index contributed by atoms with van der Waals surface area (Å²) in [5, 5.41) is 1.31. The lowest BCUT2D eigenvalue weighted by atomic mass is 9.81. The number of hydrogen-bond acceptors (Lipinski definition) is 1. The molecule has 12 rings (SSSR count). The van der Waals surface area contributed by atoms with E-state index in [0.29, 0.717) is 0 Å². The van der Waals surface area contributed by atoms with E-state index in [4.69, 9.17) is 0 Å². The normalized spacial score (nSPS) is 16.0. The van der Waals surface area contributed by atoms with Crippen LogP contribution in [0.15, 0.2) is 187 Å². The van der Waals surface area contributed by atoms with Crippen LogP contribution in [0.2, 0.25) is 0 Å². The molecule has 0 fully saturated rings. The Morgan fingerprint density at radius 3 is 1.69 bits per heavy atom. The third-order valence-corrected chi connectivity index (χ3v) is 15.0. The summed E-state index contributed by atoms with van der Waals surface area (Å²) in [5.74, 6) is 0. The molecule has 67 heavy (non-hydrogen) atoms. The molecule has 0 amide bonds. The van der Waals surface area contributed by atoms with Crippen molar-refractivity contribution in [3.63, 3.8) is 0 Å². The van der Waals surface area contributed by atoms with Crippen LogP contribution in [0, 0.1) is 0 Å². The van der Waals surface area contributed by atoms with Gasteiger partial charge in [0.2, 0.25) is 0 Å². The highest BCUT2D eigenvalue weighted by Crippen LogP contribution is 2.52. The molecule has 0 bridgehead atoms. The predicted molar refractivity (Wildman–Crippen MR) is 282 cm³/mol. The summed E-state index contributed by atoms with van der Waals surface area (Å²) in [6.45, 7) is 6.91. The third kappa shape index (κ3) is 7.23. The molecule has 2 aliphatic heterocycles. The Hall–Kier alpha value is -7.56. The molecule has 4 heteroatoms. The van der Waals surface area contributed by atoms with Gasteiger partial charge in [-0.25, -0.2) is 9.15 Å². The highest BCUT2D eigenvalue weighted by atomic mass is 15.1. The molecule has 3 heterocycles. The number of fused-ring (bicyclic) bond motifs is 6. The summed E-state index contributed by atoms with van der Waals surface area (Å²) in [5.41, 5.74) is 24.5.